The highest BCUT2D eigenvalue weighted by Gasteiger charge is 2.34. The molecule has 1 atom stereocenters. The van der Waals surface area contributed by atoms with Gasteiger partial charge in [0.25, 0.3) is 0 Å². The minimum atomic E-state index is -1.53. The van der Waals surface area contributed by atoms with Crippen molar-refractivity contribution < 1.29 is 4.43 Å². The third-order valence-corrected chi connectivity index (χ3v) is 10.2. The SMILES string of the molecule is C=C(CC1CCCCC1)C(O[Si](CC)(CC)CC)C(C)C. The van der Waals surface area contributed by atoms with Crippen LogP contribution in [-0.2, 0) is 4.43 Å². The summed E-state index contributed by atoms with van der Waals surface area (Å²) in [5, 5.41) is 0. The highest BCUT2D eigenvalue weighted by molar-refractivity contribution is 6.73. The second-order valence-electron chi connectivity index (χ2n) is 7.39. The predicted molar refractivity (Wildman–Crippen MR) is 97.2 cm³/mol. The lowest BCUT2D eigenvalue weighted by atomic mass is 9.83. The summed E-state index contributed by atoms with van der Waals surface area (Å²) in [5.74, 6) is 1.43. The predicted octanol–water partition coefficient (Wildman–Crippen LogP) is 6.56. The molecule has 0 N–H and O–H groups in total. The highest BCUT2D eigenvalue weighted by atomic mass is 28.4. The quantitative estimate of drug-likeness (QED) is 0.346. The summed E-state index contributed by atoms with van der Waals surface area (Å²) in [6.07, 6.45) is 8.57. The summed E-state index contributed by atoms with van der Waals surface area (Å²) in [7, 11) is -1.53. The topological polar surface area (TPSA) is 9.23 Å². The Balaban J connectivity index is 2.68. The summed E-state index contributed by atoms with van der Waals surface area (Å²) in [6.45, 7) is 16.0. The van der Waals surface area contributed by atoms with E-state index in [4.69, 9.17) is 4.43 Å². The molecule has 1 fully saturated rings. The van der Waals surface area contributed by atoms with Crippen molar-refractivity contribution in [1.29, 1.82) is 0 Å². The molecule has 0 aromatic heterocycles. The average molecular weight is 311 g/mol. The molecular weight excluding hydrogens is 272 g/mol. The minimum Gasteiger partial charge on any atom is -0.410 e. The Bertz CT molecular complexity index is 292. The van der Waals surface area contributed by atoms with Crippen LogP contribution in [0.4, 0.5) is 0 Å². The van der Waals surface area contributed by atoms with Crippen LogP contribution >= 0.6 is 0 Å². The third kappa shape index (κ3) is 5.56. The van der Waals surface area contributed by atoms with Crippen molar-refractivity contribution in [2.24, 2.45) is 11.8 Å². The molecule has 0 aromatic rings. The van der Waals surface area contributed by atoms with E-state index in [1.165, 1.54) is 62.2 Å². The van der Waals surface area contributed by atoms with E-state index in [2.05, 4.69) is 41.2 Å². The van der Waals surface area contributed by atoms with Gasteiger partial charge in [0.1, 0.15) is 0 Å². The molecule has 0 bridgehead atoms. The summed E-state index contributed by atoms with van der Waals surface area (Å²) >= 11 is 0. The van der Waals surface area contributed by atoms with Gasteiger partial charge in [-0.05, 0) is 42.0 Å². The van der Waals surface area contributed by atoms with Gasteiger partial charge in [-0.25, -0.2) is 0 Å². The summed E-state index contributed by atoms with van der Waals surface area (Å²) in [4.78, 5) is 0. The van der Waals surface area contributed by atoms with Crippen molar-refractivity contribution >= 4 is 8.32 Å². The van der Waals surface area contributed by atoms with Gasteiger partial charge in [0.05, 0.1) is 6.10 Å². The fourth-order valence-electron chi connectivity index (χ4n) is 3.84. The standard InChI is InChI=1S/C19H38OSi/c1-7-21(8-2,9-3)20-19(16(4)5)17(6)15-18-13-11-10-12-14-18/h16,18-19H,6-15H2,1-5H3. The van der Waals surface area contributed by atoms with Crippen LogP contribution in [0.1, 0.15) is 73.1 Å². The van der Waals surface area contributed by atoms with Crippen molar-refractivity contribution in [2.75, 3.05) is 0 Å². The lowest BCUT2D eigenvalue weighted by Gasteiger charge is -2.37. The molecule has 1 aliphatic carbocycles. The molecule has 1 aliphatic rings. The van der Waals surface area contributed by atoms with Crippen molar-refractivity contribution in [3.63, 3.8) is 0 Å². The number of rotatable bonds is 9. The van der Waals surface area contributed by atoms with Gasteiger partial charge in [-0.1, -0.05) is 73.3 Å². The zero-order valence-corrected chi connectivity index (χ0v) is 16.2. The van der Waals surface area contributed by atoms with Gasteiger partial charge >= 0.3 is 0 Å². The van der Waals surface area contributed by atoms with E-state index in [1.807, 2.05) is 0 Å². The Morgan fingerprint density at radius 1 is 1.05 bits per heavy atom. The van der Waals surface area contributed by atoms with E-state index in [1.54, 1.807) is 0 Å². The average Bonchev–Trinajstić information content (AvgIpc) is 2.50. The number of hydrogen-bond acceptors (Lipinski definition) is 1. The molecule has 0 aliphatic heterocycles. The molecule has 0 amide bonds. The van der Waals surface area contributed by atoms with Crippen LogP contribution in [0.15, 0.2) is 12.2 Å². The van der Waals surface area contributed by atoms with Gasteiger partial charge in [0, 0.05) is 0 Å². The second-order valence-corrected chi connectivity index (χ2v) is 12.1. The first-order valence-corrected chi connectivity index (χ1v) is 11.9. The summed E-state index contributed by atoms with van der Waals surface area (Å²) < 4.78 is 6.79. The number of hydrogen-bond donors (Lipinski definition) is 0. The Morgan fingerprint density at radius 3 is 2.00 bits per heavy atom. The zero-order valence-electron chi connectivity index (χ0n) is 15.2. The van der Waals surface area contributed by atoms with Crippen LogP contribution < -0.4 is 0 Å². The molecule has 1 saturated carbocycles. The fraction of sp³-hybridized carbons (Fsp3) is 0.895. The van der Waals surface area contributed by atoms with Crippen molar-refractivity contribution in [3.05, 3.63) is 12.2 Å². The normalized spacial score (nSPS) is 19.0. The first-order valence-electron chi connectivity index (χ1n) is 9.33. The lowest BCUT2D eigenvalue weighted by Crippen LogP contribution is -2.42. The van der Waals surface area contributed by atoms with Gasteiger partial charge in [-0.3, -0.25) is 0 Å². The molecule has 124 valence electrons. The monoisotopic (exact) mass is 310 g/mol. The van der Waals surface area contributed by atoms with Crippen LogP contribution in [0.25, 0.3) is 0 Å². The van der Waals surface area contributed by atoms with E-state index in [0.29, 0.717) is 12.0 Å². The van der Waals surface area contributed by atoms with Crippen molar-refractivity contribution in [3.8, 4) is 0 Å². The van der Waals surface area contributed by atoms with E-state index < -0.39 is 8.32 Å². The smallest absolute Gasteiger partial charge is 0.192 e. The molecule has 1 nitrogen and oxygen atoms in total. The van der Waals surface area contributed by atoms with Crippen LogP contribution in [0, 0.1) is 11.8 Å². The zero-order chi connectivity index (χ0) is 15.9. The fourth-order valence-corrected chi connectivity index (χ4v) is 6.82. The van der Waals surface area contributed by atoms with E-state index in [0.717, 1.165) is 5.92 Å². The second kappa shape index (κ2) is 9.15. The van der Waals surface area contributed by atoms with Gasteiger partial charge < -0.3 is 4.43 Å². The highest BCUT2D eigenvalue weighted by Crippen LogP contribution is 2.34. The van der Waals surface area contributed by atoms with Crippen LogP contribution in [0.3, 0.4) is 0 Å². The molecule has 0 heterocycles. The maximum atomic E-state index is 6.79. The lowest BCUT2D eigenvalue weighted by molar-refractivity contribution is 0.162. The Hall–Kier alpha value is -0.0831. The molecular formula is C19H38OSi. The van der Waals surface area contributed by atoms with E-state index in [-0.39, 0.29) is 0 Å². The first-order chi connectivity index (χ1) is 9.98. The minimum absolute atomic E-state index is 0.290. The molecule has 1 unspecified atom stereocenters. The summed E-state index contributed by atoms with van der Waals surface area (Å²) in [5.41, 5.74) is 1.38. The molecule has 0 spiro atoms. The molecule has 21 heavy (non-hydrogen) atoms. The molecule has 2 heteroatoms. The Kier molecular flexibility index (Phi) is 8.26. The first kappa shape index (κ1) is 19.0. The Morgan fingerprint density at radius 2 is 1.57 bits per heavy atom. The summed E-state index contributed by atoms with van der Waals surface area (Å²) in [6, 6.07) is 3.71. The Labute approximate surface area is 134 Å². The van der Waals surface area contributed by atoms with Crippen LogP contribution in [0.5, 0.6) is 0 Å². The largest absolute Gasteiger partial charge is 0.410 e. The molecule has 0 saturated heterocycles. The van der Waals surface area contributed by atoms with Gasteiger partial charge in [-0.2, -0.15) is 0 Å². The molecule has 0 radical (unpaired) electrons. The van der Waals surface area contributed by atoms with Gasteiger partial charge in [-0.15, -0.1) is 0 Å². The maximum Gasteiger partial charge on any atom is 0.192 e. The molecule has 1 rings (SSSR count). The third-order valence-electron chi connectivity index (χ3n) is 5.59. The molecule has 0 aromatic carbocycles. The van der Waals surface area contributed by atoms with Crippen LogP contribution in [-0.4, -0.2) is 14.4 Å². The maximum absolute atomic E-state index is 6.79. The van der Waals surface area contributed by atoms with Crippen molar-refractivity contribution in [1.82, 2.24) is 0 Å². The van der Waals surface area contributed by atoms with E-state index >= 15 is 0 Å². The van der Waals surface area contributed by atoms with Crippen molar-refractivity contribution in [2.45, 2.75) is 97.4 Å². The van der Waals surface area contributed by atoms with Gasteiger partial charge in [0.15, 0.2) is 8.32 Å². The van der Waals surface area contributed by atoms with Crippen LogP contribution in [0.2, 0.25) is 18.1 Å². The van der Waals surface area contributed by atoms with E-state index in [9.17, 15) is 0 Å². The van der Waals surface area contributed by atoms with Gasteiger partial charge in [0.2, 0.25) is 0 Å².